The van der Waals surface area contributed by atoms with Crippen LogP contribution in [0.5, 0.6) is 11.5 Å². The van der Waals surface area contributed by atoms with Crippen molar-refractivity contribution in [2.24, 2.45) is 28.2 Å². The van der Waals surface area contributed by atoms with E-state index in [2.05, 4.69) is 0 Å². The molecule has 0 aromatic heterocycles. The van der Waals surface area contributed by atoms with Crippen molar-refractivity contribution in [3.8, 4) is 11.5 Å². The fourth-order valence-electron chi connectivity index (χ4n) is 6.31. The SMILES string of the molecule is COc1cc(OC)cc(C2=NC(C34CC5CC(CC(C5)C3)C4)C(=O)O2)c1. The van der Waals surface area contributed by atoms with E-state index in [1.807, 2.05) is 12.1 Å². The van der Waals surface area contributed by atoms with E-state index in [-0.39, 0.29) is 17.4 Å². The van der Waals surface area contributed by atoms with Gasteiger partial charge in [-0.25, -0.2) is 9.79 Å². The van der Waals surface area contributed by atoms with E-state index in [0.29, 0.717) is 17.4 Å². The van der Waals surface area contributed by atoms with E-state index in [1.54, 1.807) is 20.3 Å². The van der Waals surface area contributed by atoms with Crippen LogP contribution >= 0.6 is 0 Å². The van der Waals surface area contributed by atoms with Crippen LogP contribution in [-0.2, 0) is 9.53 Å². The maximum Gasteiger partial charge on any atom is 0.338 e. The third-order valence-corrected chi connectivity index (χ3v) is 6.93. The Labute approximate surface area is 153 Å². The van der Waals surface area contributed by atoms with Gasteiger partial charge in [-0.1, -0.05) is 0 Å². The minimum Gasteiger partial charge on any atom is -0.497 e. The second kappa shape index (κ2) is 5.73. The summed E-state index contributed by atoms with van der Waals surface area (Å²) in [6.45, 7) is 0. The number of esters is 1. The molecule has 5 nitrogen and oxygen atoms in total. The first-order valence-corrected chi connectivity index (χ1v) is 9.61. The predicted octanol–water partition coefficient (Wildman–Crippen LogP) is 3.59. The topological polar surface area (TPSA) is 57.1 Å². The average Bonchev–Trinajstić information content (AvgIpc) is 3.03. The van der Waals surface area contributed by atoms with Crippen LogP contribution in [0.15, 0.2) is 23.2 Å². The Balaban J connectivity index is 1.49. The van der Waals surface area contributed by atoms with Gasteiger partial charge in [-0.3, -0.25) is 0 Å². The molecule has 26 heavy (non-hydrogen) atoms. The fraction of sp³-hybridized carbons (Fsp3) is 0.619. The summed E-state index contributed by atoms with van der Waals surface area (Å²) in [5.74, 6) is 3.91. The van der Waals surface area contributed by atoms with Gasteiger partial charge in [0.2, 0.25) is 5.90 Å². The van der Waals surface area contributed by atoms with Gasteiger partial charge < -0.3 is 14.2 Å². The number of methoxy groups -OCH3 is 2. The highest BCUT2D eigenvalue weighted by Gasteiger charge is 2.58. The largest absolute Gasteiger partial charge is 0.497 e. The lowest BCUT2D eigenvalue weighted by molar-refractivity contribution is -0.144. The highest BCUT2D eigenvalue weighted by atomic mass is 16.6. The zero-order chi connectivity index (χ0) is 17.9. The van der Waals surface area contributed by atoms with E-state index >= 15 is 0 Å². The first kappa shape index (κ1) is 16.2. The average molecular weight is 355 g/mol. The number of benzene rings is 1. The second-order valence-electron chi connectivity index (χ2n) is 8.64. The molecule has 4 bridgehead atoms. The molecule has 138 valence electrons. The zero-order valence-electron chi connectivity index (χ0n) is 15.4. The van der Waals surface area contributed by atoms with E-state index in [1.165, 1.54) is 19.3 Å². The van der Waals surface area contributed by atoms with E-state index < -0.39 is 0 Å². The molecule has 0 amide bonds. The molecule has 6 rings (SSSR count). The van der Waals surface area contributed by atoms with Crippen molar-refractivity contribution in [2.75, 3.05) is 14.2 Å². The van der Waals surface area contributed by atoms with Crippen molar-refractivity contribution in [2.45, 2.75) is 44.6 Å². The van der Waals surface area contributed by atoms with Gasteiger partial charge in [0, 0.05) is 17.0 Å². The van der Waals surface area contributed by atoms with Gasteiger partial charge in [0.15, 0.2) is 6.04 Å². The van der Waals surface area contributed by atoms with Crippen molar-refractivity contribution in [1.82, 2.24) is 0 Å². The van der Waals surface area contributed by atoms with Gasteiger partial charge in [0.1, 0.15) is 11.5 Å². The predicted molar refractivity (Wildman–Crippen MR) is 96.6 cm³/mol. The maximum absolute atomic E-state index is 12.8. The number of ether oxygens (including phenoxy) is 3. The van der Waals surface area contributed by atoms with Gasteiger partial charge in [-0.2, -0.15) is 0 Å². The quantitative estimate of drug-likeness (QED) is 0.775. The molecule has 1 aromatic rings. The molecule has 1 unspecified atom stereocenters. The third kappa shape index (κ3) is 2.43. The second-order valence-corrected chi connectivity index (χ2v) is 8.64. The first-order valence-electron chi connectivity index (χ1n) is 9.61. The van der Waals surface area contributed by atoms with Crippen molar-refractivity contribution in [1.29, 1.82) is 0 Å². The van der Waals surface area contributed by atoms with E-state index in [0.717, 1.165) is 42.6 Å². The molecule has 1 aliphatic heterocycles. The summed E-state index contributed by atoms with van der Waals surface area (Å²) in [7, 11) is 3.22. The number of cyclic esters (lactones) is 1. The molecule has 4 saturated carbocycles. The molecule has 0 saturated heterocycles. The number of nitrogens with zero attached hydrogens (tertiary/aromatic N) is 1. The number of carbonyl (C=O) groups is 1. The Bertz CT molecular complexity index is 727. The van der Waals surface area contributed by atoms with E-state index in [4.69, 9.17) is 19.2 Å². The molecule has 1 heterocycles. The number of hydrogen-bond donors (Lipinski definition) is 0. The highest BCUT2D eigenvalue weighted by Crippen LogP contribution is 2.62. The van der Waals surface area contributed by atoms with Crippen LogP contribution < -0.4 is 9.47 Å². The lowest BCUT2D eigenvalue weighted by Gasteiger charge is -2.57. The molecule has 5 heteroatoms. The number of hydrogen-bond acceptors (Lipinski definition) is 5. The van der Waals surface area contributed by atoms with Crippen LogP contribution in [0, 0.1) is 23.2 Å². The Hall–Kier alpha value is -2.04. The minimum atomic E-state index is -0.344. The minimum absolute atomic E-state index is 0.0243. The summed E-state index contributed by atoms with van der Waals surface area (Å²) in [5.41, 5.74) is 0.762. The van der Waals surface area contributed by atoms with Crippen LogP contribution in [0.1, 0.15) is 44.1 Å². The zero-order valence-corrected chi connectivity index (χ0v) is 15.4. The highest BCUT2D eigenvalue weighted by molar-refractivity contribution is 6.06. The number of aliphatic imine (C=N–C) groups is 1. The van der Waals surface area contributed by atoms with Gasteiger partial charge >= 0.3 is 5.97 Å². The lowest BCUT2D eigenvalue weighted by Crippen LogP contribution is -2.52. The Morgan fingerprint density at radius 1 is 0.962 bits per heavy atom. The van der Waals surface area contributed by atoms with Gasteiger partial charge in [0.25, 0.3) is 0 Å². The molecule has 0 radical (unpaired) electrons. The summed E-state index contributed by atoms with van der Waals surface area (Å²) in [6, 6.07) is 5.15. The molecule has 1 atom stereocenters. The van der Waals surface area contributed by atoms with Gasteiger partial charge in [-0.15, -0.1) is 0 Å². The van der Waals surface area contributed by atoms with Crippen LogP contribution in [0.2, 0.25) is 0 Å². The van der Waals surface area contributed by atoms with Crippen molar-refractivity contribution >= 4 is 11.9 Å². The third-order valence-electron chi connectivity index (χ3n) is 6.93. The summed E-state index contributed by atoms with van der Waals surface area (Å²) in [5, 5.41) is 0. The molecule has 0 spiro atoms. The van der Waals surface area contributed by atoms with Crippen molar-refractivity contribution < 1.29 is 19.0 Å². The molecule has 1 aromatic carbocycles. The summed E-state index contributed by atoms with van der Waals surface area (Å²) < 4.78 is 16.3. The molecule has 5 aliphatic rings. The maximum atomic E-state index is 12.8. The van der Waals surface area contributed by atoms with Gasteiger partial charge in [0.05, 0.1) is 14.2 Å². The summed E-state index contributed by atoms with van der Waals surface area (Å²) in [6.07, 6.45) is 7.46. The lowest BCUT2D eigenvalue weighted by atomic mass is 9.48. The van der Waals surface area contributed by atoms with E-state index in [9.17, 15) is 4.79 Å². The fourth-order valence-corrected chi connectivity index (χ4v) is 6.31. The van der Waals surface area contributed by atoms with Crippen molar-refractivity contribution in [3.63, 3.8) is 0 Å². The Morgan fingerprint density at radius 3 is 2.00 bits per heavy atom. The normalized spacial score (nSPS) is 37.5. The molecule has 4 fully saturated rings. The van der Waals surface area contributed by atoms with Crippen LogP contribution in [0.25, 0.3) is 0 Å². The Kier molecular flexibility index (Phi) is 3.56. The molecule has 0 N–H and O–H groups in total. The van der Waals surface area contributed by atoms with Crippen LogP contribution in [-0.4, -0.2) is 32.1 Å². The monoisotopic (exact) mass is 355 g/mol. The summed E-state index contributed by atoms with van der Waals surface area (Å²) >= 11 is 0. The van der Waals surface area contributed by atoms with Crippen LogP contribution in [0.4, 0.5) is 0 Å². The summed E-state index contributed by atoms with van der Waals surface area (Å²) in [4.78, 5) is 17.6. The standard InChI is InChI=1S/C21H25NO4/c1-24-16-6-15(7-17(8-16)25-2)19-22-18(20(23)26-19)21-9-12-3-13(10-21)5-14(4-12)11-21/h6-8,12-14,18H,3-5,9-11H2,1-2H3. The molecular formula is C21H25NO4. The smallest absolute Gasteiger partial charge is 0.338 e. The first-order chi connectivity index (χ1) is 12.6. The molecule has 4 aliphatic carbocycles. The number of rotatable bonds is 4. The molecular weight excluding hydrogens is 330 g/mol. The van der Waals surface area contributed by atoms with Crippen molar-refractivity contribution in [3.05, 3.63) is 23.8 Å². The Morgan fingerprint density at radius 2 is 1.50 bits per heavy atom. The number of carbonyl (C=O) groups excluding carboxylic acids is 1. The van der Waals surface area contributed by atoms with Crippen LogP contribution in [0.3, 0.4) is 0 Å². The van der Waals surface area contributed by atoms with Gasteiger partial charge in [-0.05, 0) is 68.4 Å².